The lowest BCUT2D eigenvalue weighted by atomic mass is 10.1. The fraction of sp³-hybridized carbons (Fsp3) is 0.0625. The van der Waals surface area contributed by atoms with E-state index in [0.29, 0.717) is 5.56 Å². The fourth-order valence-corrected chi connectivity index (χ4v) is 2.35. The zero-order valence-electron chi connectivity index (χ0n) is 12.5. The van der Waals surface area contributed by atoms with Gasteiger partial charge in [0.15, 0.2) is 5.82 Å². The van der Waals surface area contributed by atoms with Gasteiger partial charge in [-0.15, -0.1) is 0 Å². The van der Waals surface area contributed by atoms with Crippen LogP contribution in [-0.4, -0.2) is 21.1 Å². The van der Waals surface area contributed by atoms with Gasteiger partial charge in [0, 0.05) is 11.1 Å². The SMILES string of the molecule is Fc1ccc(-c2n[nH]c(=S)n2/N=C/c2ccccc2C(F)(F)F)cc1. The average molecular weight is 366 g/mol. The predicted molar refractivity (Wildman–Crippen MR) is 87.2 cm³/mol. The highest BCUT2D eigenvalue weighted by atomic mass is 32.1. The Balaban J connectivity index is 2.03. The number of alkyl halides is 3. The maximum Gasteiger partial charge on any atom is 0.417 e. The van der Waals surface area contributed by atoms with E-state index in [2.05, 4.69) is 15.3 Å². The molecule has 25 heavy (non-hydrogen) atoms. The van der Waals surface area contributed by atoms with Crippen molar-refractivity contribution in [3.63, 3.8) is 0 Å². The summed E-state index contributed by atoms with van der Waals surface area (Å²) in [5, 5.41) is 10.5. The van der Waals surface area contributed by atoms with Crippen LogP contribution in [0.15, 0.2) is 53.6 Å². The third kappa shape index (κ3) is 3.66. The van der Waals surface area contributed by atoms with Gasteiger partial charge in [0.05, 0.1) is 11.8 Å². The molecule has 0 unspecified atom stereocenters. The fourth-order valence-electron chi connectivity index (χ4n) is 2.17. The van der Waals surface area contributed by atoms with Gasteiger partial charge in [-0.05, 0) is 42.5 Å². The Kier molecular flexibility index (Phi) is 4.49. The van der Waals surface area contributed by atoms with E-state index in [9.17, 15) is 17.6 Å². The summed E-state index contributed by atoms with van der Waals surface area (Å²) in [5.74, 6) is -0.169. The highest BCUT2D eigenvalue weighted by molar-refractivity contribution is 7.71. The molecule has 0 bridgehead atoms. The lowest BCUT2D eigenvalue weighted by molar-refractivity contribution is -0.137. The van der Waals surface area contributed by atoms with E-state index < -0.39 is 17.6 Å². The van der Waals surface area contributed by atoms with E-state index in [-0.39, 0.29) is 16.2 Å². The Labute approximate surface area is 144 Å². The first kappa shape index (κ1) is 17.0. The Bertz CT molecular complexity index is 971. The molecular formula is C16H10F4N4S. The third-order valence-corrected chi connectivity index (χ3v) is 3.60. The van der Waals surface area contributed by atoms with Crippen LogP contribution in [0.25, 0.3) is 11.4 Å². The van der Waals surface area contributed by atoms with E-state index in [1.54, 1.807) is 0 Å². The van der Waals surface area contributed by atoms with Crippen LogP contribution in [0.1, 0.15) is 11.1 Å². The number of hydrogen-bond donors (Lipinski definition) is 1. The lowest BCUT2D eigenvalue weighted by Crippen LogP contribution is -2.09. The number of hydrogen-bond acceptors (Lipinski definition) is 3. The Morgan fingerprint density at radius 1 is 1.08 bits per heavy atom. The maximum atomic E-state index is 13.0. The van der Waals surface area contributed by atoms with Crippen molar-refractivity contribution in [1.82, 2.24) is 14.9 Å². The van der Waals surface area contributed by atoms with Crippen molar-refractivity contribution in [2.45, 2.75) is 6.18 Å². The molecule has 0 saturated heterocycles. The van der Waals surface area contributed by atoms with Crippen LogP contribution in [0.4, 0.5) is 17.6 Å². The number of benzene rings is 2. The minimum atomic E-state index is -4.50. The summed E-state index contributed by atoms with van der Waals surface area (Å²) in [4.78, 5) is 0. The van der Waals surface area contributed by atoms with Crippen molar-refractivity contribution >= 4 is 18.4 Å². The van der Waals surface area contributed by atoms with E-state index in [4.69, 9.17) is 12.2 Å². The van der Waals surface area contributed by atoms with Crippen LogP contribution >= 0.6 is 12.2 Å². The van der Waals surface area contributed by atoms with Gasteiger partial charge in [-0.2, -0.15) is 28.0 Å². The number of nitrogens with one attached hydrogen (secondary N) is 1. The van der Waals surface area contributed by atoms with Crippen molar-refractivity contribution in [3.8, 4) is 11.4 Å². The monoisotopic (exact) mass is 366 g/mol. The number of rotatable bonds is 3. The zero-order valence-corrected chi connectivity index (χ0v) is 13.3. The Morgan fingerprint density at radius 3 is 2.44 bits per heavy atom. The molecule has 0 aliphatic carbocycles. The van der Waals surface area contributed by atoms with E-state index >= 15 is 0 Å². The summed E-state index contributed by atoms with van der Waals surface area (Å²) in [5.41, 5.74) is -0.407. The van der Waals surface area contributed by atoms with E-state index in [0.717, 1.165) is 12.3 Å². The molecule has 0 atom stereocenters. The number of H-pyrrole nitrogens is 1. The minimum Gasteiger partial charge on any atom is -0.250 e. The smallest absolute Gasteiger partial charge is 0.250 e. The summed E-state index contributed by atoms with van der Waals surface area (Å²) in [6, 6.07) is 10.5. The van der Waals surface area contributed by atoms with Crippen LogP contribution in [0.3, 0.4) is 0 Å². The van der Waals surface area contributed by atoms with Crippen molar-refractivity contribution in [1.29, 1.82) is 0 Å². The number of nitrogens with zero attached hydrogens (tertiary/aromatic N) is 3. The molecule has 0 fully saturated rings. The molecule has 0 spiro atoms. The number of halogens is 4. The highest BCUT2D eigenvalue weighted by Gasteiger charge is 2.32. The molecule has 0 radical (unpaired) electrons. The van der Waals surface area contributed by atoms with Gasteiger partial charge in [-0.3, -0.25) is 0 Å². The van der Waals surface area contributed by atoms with Crippen LogP contribution < -0.4 is 0 Å². The molecule has 0 aliphatic rings. The van der Waals surface area contributed by atoms with Crippen LogP contribution in [0, 0.1) is 10.6 Å². The molecule has 1 aromatic heterocycles. The number of aromatic nitrogens is 3. The van der Waals surface area contributed by atoms with Gasteiger partial charge in [0.1, 0.15) is 5.82 Å². The zero-order chi connectivity index (χ0) is 18.0. The molecule has 0 saturated carbocycles. The minimum absolute atomic E-state index is 0.0973. The van der Waals surface area contributed by atoms with E-state index in [1.807, 2.05) is 0 Å². The summed E-state index contributed by atoms with van der Waals surface area (Å²) in [6.07, 6.45) is -3.44. The van der Waals surface area contributed by atoms with Gasteiger partial charge in [0.2, 0.25) is 4.77 Å². The topological polar surface area (TPSA) is 46.0 Å². The molecule has 4 nitrogen and oxygen atoms in total. The maximum absolute atomic E-state index is 13.0. The van der Waals surface area contributed by atoms with Crippen molar-refractivity contribution in [3.05, 3.63) is 70.2 Å². The van der Waals surface area contributed by atoms with E-state index in [1.165, 1.54) is 47.1 Å². The van der Waals surface area contributed by atoms with Crippen molar-refractivity contribution in [2.75, 3.05) is 0 Å². The van der Waals surface area contributed by atoms with Crippen LogP contribution in [0.5, 0.6) is 0 Å². The Hall–Kier alpha value is -2.81. The third-order valence-electron chi connectivity index (χ3n) is 3.33. The first-order valence-corrected chi connectivity index (χ1v) is 7.41. The molecule has 3 rings (SSSR count). The summed E-state index contributed by atoms with van der Waals surface area (Å²) in [6.45, 7) is 0. The largest absolute Gasteiger partial charge is 0.417 e. The summed E-state index contributed by atoms with van der Waals surface area (Å²) >= 11 is 5.06. The van der Waals surface area contributed by atoms with Crippen LogP contribution in [0.2, 0.25) is 0 Å². The quantitative estimate of drug-likeness (QED) is 0.417. The van der Waals surface area contributed by atoms with Gasteiger partial charge >= 0.3 is 6.18 Å². The first-order chi connectivity index (χ1) is 11.9. The molecule has 1 N–H and O–H groups in total. The molecule has 0 aliphatic heterocycles. The molecule has 0 amide bonds. The highest BCUT2D eigenvalue weighted by Crippen LogP contribution is 2.31. The normalized spacial score (nSPS) is 12.0. The molecule has 3 aromatic rings. The standard InChI is InChI=1S/C16H10F4N4S/c17-12-7-5-10(6-8-12)14-22-23-15(25)24(14)21-9-11-3-1-2-4-13(11)16(18,19)20/h1-9H,(H,23,25)/b21-9+. The molecule has 2 aromatic carbocycles. The predicted octanol–water partition coefficient (Wildman–Crippen LogP) is 4.65. The Morgan fingerprint density at radius 2 is 1.76 bits per heavy atom. The molecule has 128 valence electrons. The summed E-state index contributed by atoms with van der Waals surface area (Å²) in [7, 11) is 0. The lowest BCUT2D eigenvalue weighted by Gasteiger charge is -2.09. The molecule has 1 heterocycles. The second kappa shape index (κ2) is 6.60. The first-order valence-electron chi connectivity index (χ1n) is 7.00. The second-order valence-corrected chi connectivity index (χ2v) is 5.39. The van der Waals surface area contributed by atoms with Crippen molar-refractivity contribution < 1.29 is 17.6 Å². The van der Waals surface area contributed by atoms with Gasteiger partial charge in [0.25, 0.3) is 0 Å². The molecule has 9 heteroatoms. The van der Waals surface area contributed by atoms with Gasteiger partial charge in [-0.1, -0.05) is 18.2 Å². The molecular weight excluding hydrogens is 356 g/mol. The second-order valence-electron chi connectivity index (χ2n) is 5.00. The van der Waals surface area contributed by atoms with Gasteiger partial charge in [-0.25, -0.2) is 9.49 Å². The average Bonchev–Trinajstić information content (AvgIpc) is 2.94. The van der Waals surface area contributed by atoms with Crippen LogP contribution in [-0.2, 0) is 6.18 Å². The van der Waals surface area contributed by atoms with Gasteiger partial charge < -0.3 is 0 Å². The number of aromatic amines is 1. The summed E-state index contributed by atoms with van der Waals surface area (Å²) < 4.78 is 53.4. The van der Waals surface area contributed by atoms with Crippen molar-refractivity contribution in [2.24, 2.45) is 5.10 Å².